The van der Waals surface area contributed by atoms with Crippen molar-refractivity contribution < 1.29 is 9.59 Å². The first-order chi connectivity index (χ1) is 13.9. The first-order valence-electron chi connectivity index (χ1n) is 10.3. The van der Waals surface area contributed by atoms with Gasteiger partial charge in [-0.05, 0) is 32.8 Å². The van der Waals surface area contributed by atoms with E-state index in [2.05, 4.69) is 10.1 Å². The number of hydrogen-bond donors (Lipinski definition) is 0. The Morgan fingerprint density at radius 1 is 1.24 bits per heavy atom. The molecule has 2 aromatic heterocycles. The Labute approximate surface area is 170 Å². The zero-order chi connectivity index (χ0) is 20.5. The second kappa shape index (κ2) is 7.93. The molecular weight excluding hydrogens is 368 g/mol. The van der Waals surface area contributed by atoms with Crippen LogP contribution in [0.15, 0.2) is 18.5 Å². The molecule has 0 saturated carbocycles. The molecule has 4 rings (SSSR count). The summed E-state index contributed by atoms with van der Waals surface area (Å²) in [5.74, 6) is 1.20. The predicted molar refractivity (Wildman–Crippen MR) is 107 cm³/mol. The van der Waals surface area contributed by atoms with Crippen molar-refractivity contribution in [2.24, 2.45) is 0 Å². The van der Waals surface area contributed by atoms with Crippen LogP contribution in [0.4, 0.5) is 0 Å². The van der Waals surface area contributed by atoms with Crippen LogP contribution in [0.1, 0.15) is 61.4 Å². The number of rotatable bonds is 3. The molecule has 2 aromatic rings. The van der Waals surface area contributed by atoms with E-state index in [1.807, 2.05) is 35.9 Å². The monoisotopic (exact) mass is 396 g/mol. The Kier molecular flexibility index (Phi) is 5.34. The molecule has 0 radical (unpaired) electrons. The summed E-state index contributed by atoms with van der Waals surface area (Å²) in [4.78, 5) is 37.9. The molecule has 2 amide bonds. The van der Waals surface area contributed by atoms with Gasteiger partial charge >= 0.3 is 0 Å². The first kappa shape index (κ1) is 19.5. The highest BCUT2D eigenvalue weighted by atomic mass is 16.2. The quantitative estimate of drug-likeness (QED) is 0.791. The average Bonchev–Trinajstić information content (AvgIpc) is 3.17. The minimum atomic E-state index is -0.327. The molecule has 0 aliphatic carbocycles. The fraction of sp³-hybridized carbons (Fsp3) is 0.571. The molecule has 2 atom stereocenters. The van der Waals surface area contributed by atoms with Crippen LogP contribution in [0.2, 0.25) is 0 Å². The minimum absolute atomic E-state index is 0.0657. The maximum absolute atomic E-state index is 13.0. The van der Waals surface area contributed by atoms with Gasteiger partial charge in [0.25, 0.3) is 0 Å². The van der Waals surface area contributed by atoms with Crippen molar-refractivity contribution >= 4 is 11.8 Å². The van der Waals surface area contributed by atoms with Gasteiger partial charge in [0.05, 0.1) is 5.69 Å². The molecule has 1 fully saturated rings. The highest BCUT2D eigenvalue weighted by molar-refractivity contribution is 5.80. The van der Waals surface area contributed by atoms with Crippen LogP contribution in [0.25, 0.3) is 0 Å². The summed E-state index contributed by atoms with van der Waals surface area (Å²) in [6, 6.07) is 1.58. The lowest BCUT2D eigenvalue weighted by molar-refractivity contribution is -0.135. The Morgan fingerprint density at radius 3 is 2.79 bits per heavy atom. The summed E-state index contributed by atoms with van der Waals surface area (Å²) in [5, 5.41) is 4.27. The zero-order valence-electron chi connectivity index (χ0n) is 17.3. The molecule has 0 N–H and O–H groups in total. The zero-order valence-corrected chi connectivity index (χ0v) is 17.3. The van der Waals surface area contributed by atoms with E-state index in [-0.39, 0.29) is 23.8 Å². The van der Waals surface area contributed by atoms with Crippen LogP contribution in [0, 0.1) is 6.92 Å². The summed E-state index contributed by atoms with van der Waals surface area (Å²) in [5.41, 5.74) is 3.02. The van der Waals surface area contributed by atoms with Gasteiger partial charge in [-0.25, -0.2) is 9.97 Å². The van der Waals surface area contributed by atoms with Crippen LogP contribution in [0.5, 0.6) is 0 Å². The van der Waals surface area contributed by atoms with Gasteiger partial charge in [0, 0.05) is 69.1 Å². The second-order valence-corrected chi connectivity index (χ2v) is 8.11. The van der Waals surface area contributed by atoms with E-state index >= 15 is 0 Å². The van der Waals surface area contributed by atoms with E-state index in [9.17, 15) is 9.59 Å². The fourth-order valence-electron chi connectivity index (χ4n) is 4.35. The number of aromatic nitrogens is 4. The van der Waals surface area contributed by atoms with E-state index in [0.29, 0.717) is 19.6 Å². The van der Waals surface area contributed by atoms with Gasteiger partial charge in [-0.1, -0.05) is 0 Å². The van der Waals surface area contributed by atoms with Gasteiger partial charge in [0.15, 0.2) is 0 Å². The molecule has 2 aliphatic heterocycles. The van der Waals surface area contributed by atoms with E-state index < -0.39 is 0 Å². The molecule has 0 spiro atoms. The molecular formula is C21H28N6O2. The topological polar surface area (TPSA) is 84.2 Å². The Hall–Kier alpha value is -2.77. The molecule has 4 heterocycles. The number of amides is 2. The van der Waals surface area contributed by atoms with Crippen molar-refractivity contribution in [3.8, 4) is 0 Å². The largest absolute Gasteiger partial charge is 0.342 e. The number of carbonyl (C=O) groups excluding carboxylic acids is 2. The van der Waals surface area contributed by atoms with E-state index in [0.717, 1.165) is 48.6 Å². The normalized spacial score (nSPS) is 20.3. The van der Waals surface area contributed by atoms with E-state index in [1.165, 1.54) is 0 Å². The molecule has 2 aliphatic rings. The van der Waals surface area contributed by atoms with Crippen LogP contribution >= 0.6 is 0 Å². The molecule has 0 aromatic carbocycles. The Bertz CT molecular complexity index is 924. The van der Waals surface area contributed by atoms with E-state index in [4.69, 9.17) is 4.98 Å². The first-order valence-corrected chi connectivity index (χ1v) is 10.3. The number of aryl methyl sites for hydroxylation is 1. The average molecular weight is 396 g/mol. The number of likely N-dealkylation sites (tertiary alicyclic amines) is 1. The lowest BCUT2D eigenvalue weighted by atomic mass is 9.96. The van der Waals surface area contributed by atoms with Crippen molar-refractivity contribution in [2.75, 3.05) is 19.6 Å². The predicted octanol–water partition coefficient (Wildman–Crippen LogP) is 1.85. The number of piperidine rings is 1. The van der Waals surface area contributed by atoms with E-state index in [1.54, 1.807) is 17.8 Å². The third-order valence-electron chi connectivity index (χ3n) is 6.09. The van der Waals surface area contributed by atoms with Crippen LogP contribution < -0.4 is 0 Å². The van der Waals surface area contributed by atoms with Gasteiger partial charge in [-0.15, -0.1) is 0 Å². The van der Waals surface area contributed by atoms with Gasteiger partial charge in [-0.2, -0.15) is 5.10 Å². The van der Waals surface area contributed by atoms with Gasteiger partial charge < -0.3 is 9.80 Å². The van der Waals surface area contributed by atoms with Crippen molar-refractivity contribution in [3.63, 3.8) is 0 Å². The summed E-state index contributed by atoms with van der Waals surface area (Å²) in [6.45, 7) is 8.16. The number of carbonyl (C=O) groups is 2. The summed E-state index contributed by atoms with van der Waals surface area (Å²) >= 11 is 0. The second-order valence-electron chi connectivity index (χ2n) is 8.11. The lowest BCUT2D eigenvalue weighted by Gasteiger charge is -2.33. The molecule has 0 bridgehead atoms. The Morgan fingerprint density at radius 2 is 2.07 bits per heavy atom. The maximum Gasteiger partial charge on any atom is 0.247 e. The molecule has 1 saturated heterocycles. The van der Waals surface area contributed by atoms with Gasteiger partial charge in [-0.3, -0.25) is 14.3 Å². The van der Waals surface area contributed by atoms with Crippen LogP contribution in [-0.4, -0.2) is 61.0 Å². The SMILES string of the molecule is CC(=O)N1CCC[C@H](c2ncc3c(n2)CCN(C(=O)[C@H](C)n2nccc2C)C3)C1. The number of nitrogens with zero attached hydrogens (tertiary/aromatic N) is 6. The summed E-state index contributed by atoms with van der Waals surface area (Å²) in [6.07, 6.45) is 6.31. The van der Waals surface area contributed by atoms with Gasteiger partial charge in [0.1, 0.15) is 11.9 Å². The van der Waals surface area contributed by atoms with Crippen LogP contribution in [0.3, 0.4) is 0 Å². The molecule has 8 nitrogen and oxygen atoms in total. The highest BCUT2D eigenvalue weighted by Crippen LogP contribution is 2.27. The smallest absolute Gasteiger partial charge is 0.247 e. The minimum Gasteiger partial charge on any atom is -0.342 e. The number of hydrogen-bond acceptors (Lipinski definition) is 5. The molecule has 29 heavy (non-hydrogen) atoms. The molecule has 0 unspecified atom stereocenters. The van der Waals surface area contributed by atoms with Crippen LogP contribution in [-0.2, 0) is 22.6 Å². The summed E-state index contributed by atoms with van der Waals surface area (Å²) in [7, 11) is 0. The third-order valence-corrected chi connectivity index (χ3v) is 6.09. The fourth-order valence-corrected chi connectivity index (χ4v) is 4.35. The number of fused-ring (bicyclic) bond motifs is 1. The standard InChI is InChI=1S/C21H28N6O2/c1-14-6-8-23-27(14)15(2)21(29)26-10-7-19-18(13-26)11-22-20(24-19)17-5-4-9-25(12-17)16(3)28/h6,8,11,15,17H,4-5,7,9-10,12-13H2,1-3H3/t15-,17-/m0/s1. The van der Waals surface area contributed by atoms with Gasteiger partial charge in [0.2, 0.25) is 11.8 Å². The Balaban J connectivity index is 1.46. The van der Waals surface area contributed by atoms with Crippen molar-refractivity contribution in [2.45, 2.75) is 58.5 Å². The summed E-state index contributed by atoms with van der Waals surface area (Å²) < 4.78 is 1.77. The lowest BCUT2D eigenvalue weighted by Crippen LogP contribution is -2.41. The molecule has 8 heteroatoms. The van der Waals surface area contributed by atoms with Crippen molar-refractivity contribution in [3.05, 3.63) is 41.2 Å². The van der Waals surface area contributed by atoms with Crippen molar-refractivity contribution in [1.29, 1.82) is 0 Å². The molecule has 154 valence electrons. The highest BCUT2D eigenvalue weighted by Gasteiger charge is 2.29. The van der Waals surface area contributed by atoms with Crippen molar-refractivity contribution in [1.82, 2.24) is 29.5 Å². The maximum atomic E-state index is 13.0. The third kappa shape index (κ3) is 3.88.